The van der Waals surface area contributed by atoms with Gasteiger partial charge in [0.05, 0.1) is 6.20 Å². The molecule has 0 spiro atoms. The molecule has 1 aromatic rings. The van der Waals surface area contributed by atoms with Crippen LogP contribution in [0.5, 0.6) is 0 Å². The van der Waals surface area contributed by atoms with E-state index in [0.29, 0.717) is 6.04 Å². The van der Waals surface area contributed by atoms with E-state index >= 15 is 0 Å². The largest absolute Gasteiger partial charge is 0.352 e. The first-order valence-corrected chi connectivity index (χ1v) is 6.40. The summed E-state index contributed by atoms with van der Waals surface area (Å²) in [5, 5.41) is 3.41. The van der Waals surface area contributed by atoms with Crippen molar-refractivity contribution >= 4 is 5.82 Å². The van der Waals surface area contributed by atoms with Crippen LogP contribution in [0, 0.1) is 5.82 Å². The van der Waals surface area contributed by atoms with Gasteiger partial charge in [0.1, 0.15) is 11.6 Å². The Labute approximate surface area is 102 Å². The van der Waals surface area contributed by atoms with E-state index in [1.54, 1.807) is 6.07 Å². The lowest BCUT2D eigenvalue weighted by molar-refractivity contribution is 0.428. The number of nitrogens with zero attached hydrogens (tertiary/aromatic N) is 2. The Kier molecular flexibility index (Phi) is 4.31. The molecule has 0 amide bonds. The van der Waals surface area contributed by atoms with Crippen molar-refractivity contribution < 1.29 is 4.39 Å². The molecule has 0 aromatic carbocycles. The van der Waals surface area contributed by atoms with Gasteiger partial charge >= 0.3 is 0 Å². The van der Waals surface area contributed by atoms with E-state index in [1.165, 1.54) is 25.1 Å². The summed E-state index contributed by atoms with van der Waals surface area (Å²) in [5.41, 5.74) is 0. The number of pyridine rings is 1. The number of hydrogen-bond acceptors (Lipinski definition) is 3. The van der Waals surface area contributed by atoms with Gasteiger partial charge in [-0.05, 0) is 37.9 Å². The number of anilines is 1. The van der Waals surface area contributed by atoms with E-state index in [2.05, 4.69) is 22.1 Å². The van der Waals surface area contributed by atoms with Crippen molar-refractivity contribution in [3.8, 4) is 0 Å². The minimum Gasteiger partial charge on any atom is -0.352 e. The van der Waals surface area contributed by atoms with Gasteiger partial charge in [-0.2, -0.15) is 0 Å². The molecule has 2 heterocycles. The summed E-state index contributed by atoms with van der Waals surface area (Å²) in [7, 11) is 0. The van der Waals surface area contributed by atoms with Gasteiger partial charge in [0, 0.05) is 19.1 Å². The van der Waals surface area contributed by atoms with Crippen LogP contribution < -0.4 is 10.2 Å². The number of aromatic nitrogens is 1. The summed E-state index contributed by atoms with van der Waals surface area (Å²) < 4.78 is 12.9. The van der Waals surface area contributed by atoms with Gasteiger partial charge in [-0.3, -0.25) is 0 Å². The van der Waals surface area contributed by atoms with Crippen LogP contribution in [0.25, 0.3) is 0 Å². The fourth-order valence-corrected chi connectivity index (χ4v) is 2.36. The summed E-state index contributed by atoms with van der Waals surface area (Å²) in [4.78, 5) is 6.49. The van der Waals surface area contributed by atoms with E-state index < -0.39 is 0 Å². The molecule has 17 heavy (non-hydrogen) atoms. The molecule has 1 aromatic heterocycles. The third kappa shape index (κ3) is 3.16. The Hall–Kier alpha value is -1.16. The Bertz CT molecular complexity index is 333. The molecule has 0 saturated carbocycles. The van der Waals surface area contributed by atoms with Crippen LogP contribution in [-0.4, -0.2) is 30.7 Å². The zero-order chi connectivity index (χ0) is 12.1. The van der Waals surface area contributed by atoms with Crippen molar-refractivity contribution in [2.75, 3.05) is 24.5 Å². The molecule has 0 aliphatic carbocycles. The molecule has 4 heteroatoms. The van der Waals surface area contributed by atoms with Crippen molar-refractivity contribution in [2.45, 2.75) is 32.2 Å². The van der Waals surface area contributed by atoms with E-state index in [1.807, 2.05) is 0 Å². The van der Waals surface area contributed by atoms with Crippen molar-refractivity contribution in [2.24, 2.45) is 0 Å². The normalized spacial score (nSPS) is 20.2. The topological polar surface area (TPSA) is 28.2 Å². The Morgan fingerprint density at radius 2 is 2.41 bits per heavy atom. The second-order valence-corrected chi connectivity index (χ2v) is 4.53. The van der Waals surface area contributed by atoms with E-state index in [9.17, 15) is 4.39 Å². The maximum absolute atomic E-state index is 12.9. The average molecular weight is 237 g/mol. The van der Waals surface area contributed by atoms with Crippen LogP contribution in [0.1, 0.15) is 26.2 Å². The maximum atomic E-state index is 12.9. The van der Waals surface area contributed by atoms with Crippen LogP contribution in [0.3, 0.4) is 0 Å². The molecule has 3 nitrogen and oxygen atoms in total. The molecule has 0 radical (unpaired) electrons. The first kappa shape index (κ1) is 12.3. The fourth-order valence-electron chi connectivity index (χ4n) is 2.36. The zero-order valence-corrected chi connectivity index (χ0v) is 10.3. The standard InChI is InChI=1S/C13H20FN3/c1-2-8-17(12-4-3-7-15-10-12)13-6-5-11(14)9-16-13/h5-6,9,12,15H,2-4,7-8,10H2,1H3. The number of halogens is 1. The number of piperidine rings is 1. The van der Waals surface area contributed by atoms with Crippen LogP contribution in [-0.2, 0) is 0 Å². The molecule has 1 aliphatic rings. The predicted molar refractivity (Wildman–Crippen MR) is 67.7 cm³/mol. The van der Waals surface area contributed by atoms with E-state index in [-0.39, 0.29) is 5.82 Å². The highest BCUT2D eigenvalue weighted by atomic mass is 19.1. The highest BCUT2D eigenvalue weighted by Gasteiger charge is 2.21. The lowest BCUT2D eigenvalue weighted by atomic mass is 10.1. The molecule has 2 rings (SSSR count). The van der Waals surface area contributed by atoms with Gasteiger partial charge in [-0.1, -0.05) is 6.92 Å². The fraction of sp³-hybridized carbons (Fsp3) is 0.615. The summed E-state index contributed by atoms with van der Waals surface area (Å²) in [6, 6.07) is 3.75. The minimum atomic E-state index is -0.271. The third-order valence-corrected chi connectivity index (χ3v) is 3.18. The minimum absolute atomic E-state index is 0.271. The summed E-state index contributed by atoms with van der Waals surface area (Å²) in [5.74, 6) is 0.619. The van der Waals surface area contributed by atoms with Gasteiger partial charge in [0.25, 0.3) is 0 Å². The quantitative estimate of drug-likeness (QED) is 0.870. The van der Waals surface area contributed by atoms with E-state index in [0.717, 1.165) is 31.9 Å². The number of hydrogen-bond donors (Lipinski definition) is 1. The summed E-state index contributed by atoms with van der Waals surface area (Å²) >= 11 is 0. The van der Waals surface area contributed by atoms with Crippen molar-refractivity contribution in [3.63, 3.8) is 0 Å². The SMILES string of the molecule is CCCN(c1ccc(F)cn1)C1CCCNC1. The third-order valence-electron chi connectivity index (χ3n) is 3.18. The van der Waals surface area contributed by atoms with Crippen LogP contribution in [0.2, 0.25) is 0 Å². The second kappa shape index (κ2) is 5.96. The maximum Gasteiger partial charge on any atom is 0.141 e. The average Bonchev–Trinajstić information content (AvgIpc) is 2.38. The lowest BCUT2D eigenvalue weighted by Gasteiger charge is -2.35. The Morgan fingerprint density at radius 1 is 1.53 bits per heavy atom. The molecule has 1 aliphatic heterocycles. The molecule has 0 bridgehead atoms. The smallest absolute Gasteiger partial charge is 0.141 e. The molecule has 1 fully saturated rings. The van der Waals surface area contributed by atoms with Crippen LogP contribution in [0.15, 0.2) is 18.3 Å². The Balaban J connectivity index is 2.12. The molecular weight excluding hydrogens is 217 g/mol. The number of rotatable bonds is 4. The van der Waals surface area contributed by atoms with Crippen molar-refractivity contribution in [1.29, 1.82) is 0 Å². The monoisotopic (exact) mass is 237 g/mol. The summed E-state index contributed by atoms with van der Waals surface area (Å²) in [6.45, 7) is 5.24. The van der Waals surface area contributed by atoms with Crippen LogP contribution in [0.4, 0.5) is 10.2 Å². The van der Waals surface area contributed by atoms with Crippen LogP contribution >= 0.6 is 0 Å². The van der Waals surface area contributed by atoms with Gasteiger partial charge < -0.3 is 10.2 Å². The first-order chi connectivity index (χ1) is 8.31. The molecule has 1 atom stereocenters. The highest BCUT2D eigenvalue weighted by molar-refractivity contribution is 5.39. The molecule has 1 saturated heterocycles. The summed E-state index contributed by atoms with van der Waals surface area (Å²) in [6.07, 6.45) is 4.77. The predicted octanol–water partition coefficient (Wildman–Crippen LogP) is 2.19. The van der Waals surface area contributed by atoms with Crippen molar-refractivity contribution in [3.05, 3.63) is 24.1 Å². The van der Waals surface area contributed by atoms with Gasteiger partial charge in [-0.25, -0.2) is 9.37 Å². The highest BCUT2D eigenvalue weighted by Crippen LogP contribution is 2.19. The Morgan fingerprint density at radius 3 is 3.00 bits per heavy atom. The van der Waals surface area contributed by atoms with E-state index in [4.69, 9.17) is 0 Å². The molecular formula is C13H20FN3. The second-order valence-electron chi connectivity index (χ2n) is 4.53. The molecule has 1 unspecified atom stereocenters. The first-order valence-electron chi connectivity index (χ1n) is 6.40. The van der Waals surface area contributed by atoms with Gasteiger partial charge in [0.15, 0.2) is 0 Å². The van der Waals surface area contributed by atoms with Gasteiger partial charge in [0.2, 0.25) is 0 Å². The lowest BCUT2D eigenvalue weighted by Crippen LogP contribution is -2.46. The zero-order valence-electron chi connectivity index (χ0n) is 10.3. The van der Waals surface area contributed by atoms with Gasteiger partial charge in [-0.15, -0.1) is 0 Å². The molecule has 1 N–H and O–H groups in total. The number of nitrogens with one attached hydrogen (secondary N) is 1. The molecule has 94 valence electrons. The van der Waals surface area contributed by atoms with Crippen molar-refractivity contribution in [1.82, 2.24) is 10.3 Å².